The molecule has 2 aliphatic rings. The minimum Gasteiger partial charge on any atom is -0.315 e. The Labute approximate surface area is 93.6 Å². The van der Waals surface area contributed by atoms with Gasteiger partial charge in [0.2, 0.25) is 0 Å². The Morgan fingerprint density at radius 1 is 1.25 bits per heavy atom. The molecule has 2 atom stereocenters. The fourth-order valence-corrected chi connectivity index (χ4v) is 2.62. The van der Waals surface area contributed by atoms with E-state index in [1.165, 1.54) is 0 Å². The second-order valence-corrected chi connectivity index (χ2v) is 4.70. The van der Waals surface area contributed by atoms with Gasteiger partial charge in [-0.3, -0.25) is 4.90 Å². The first-order valence-corrected chi connectivity index (χ1v) is 5.70. The first-order valence-electron chi connectivity index (χ1n) is 5.70. The van der Waals surface area contributed by atoms with Gasteiger partial charge in [0.05, 0.1) is 0 Å². The van der Waals surface area contributed by atoms with Crippen LogP contribution in [0.25, 0.3) is 0 Å². The van der Waals surface area contributed by atoms with E-state index in [1.54, 1.807) is 4.90 Å². The zero-order valence-corrected chi connectivity index (χ0v) is 9.43. The number of nitrogens with one attached hydrogen (secondary N) is 1. The monoisotopic (exact) mass is 237 g/mol. The number of piperazine rings is 1. The quantitative estimate of drug-likeness (QED) is 0.663. The zero-order valence-electron chi connectivity index (χ0n) is 9.43. The van der Waals surface area contributed by atoms with Gasteiger partial charge in [0.1, 0.15) is 6.04 Å². The Kier molecular flexibility index (Phi) is 3.42. The van der Waals surface area contributed by atoms with E-state index in [9.17, 15) is 13.2 Å². The van der Waals surface area contributed by atoms with Crippen LogP contribution in [0, 0.1) is 0 Å². The van der Waals surface area contributed by atoms with E-state index in [4.69, 9.17) is 0 Å². The summed E-state index contributed by atoms with van der Waals surface area (Å²) in [5, 5.41) is 2.89. The summed E-state index contributed by atoms with van der Waals surface area (Å²) < 4.78 is 38.7. The van der Waals surface area contributed by atoms with Crippen molar-refractivity contribution < 1.29 is 13.2 Å². The summed E-state index contributed by atoms with van der Waals surface area (Å²) in [7, 11) is 1.97. The Hall–Kier alpha value is -0.330. The van der Waals surface area contributed by atoms with Gasteiger partial charge in [-0.15, -0.1) is 0 Å². The van der Waals surface area contributed by atoms with Gasteiger partial charge in [-0.05, 0) is 20.0 Å². The number of hydrogen-bond acceptors (Lipinski definition) is 3. The second kappa shape index (κ2) is 4.50. The van der Waals surface area contributed by atoms with Crippen molar-refractivity contribution in [2.75, 3.05) is 39.8 Å². The van der Waals surface area contributed by atoms with Crippen LogP contribution in [-0.4, -0.2) is 67.8 Å². The summed E-state index contributed by atoms with van der Waals surface area (Å²) in [5.41, 5.74) is 0. The van der Waals surface area contributed by atoms with Gasteiger partial charge < -0.3 is 10.2 Å². The van der Waals surface area contributed by atoms with Gasteiger partial charge >= 0.3 is 6.18 Å². The summed E-state index contributed by atoms with van der Waals surface area (Å²) in [6.07, 6.45) is -3.32. The van der Waals surface area contributed by atoms with E-state index in [2.05, 4.69) is 10.2 Å². The summed E-state index contributed by atoms with van der Waals surface area (Å²) in [4.78, 5) is 3.75. The molecule has 6 heteroatoms. The third-order valence-corrected chi connectivity index (χ3v) is 3.50. The van der Waals surface area contributed by atoms with E-state index in [0.717, 1.165) is 19.5 Å². The molecule has 0 spiro atoms. The number of halogens is 3. The molecule has 0 aromatic carbocycles. The molecule has 0 radical (unpaired) electrons. The predicted octanol–water partition coefficient (Wildman–Crippen LogP) is 0.527. The van der Waals surface area contributed by atoms with Crippen LogP contribution in [0.3, 0.4) is 0 Å². The maximum Gasteiger partial charge on any atom is 0.405 e. The highest BCUT2D eigenvalue weighted by Gasteiger charge is 2.47. The maximum atomic E-state index is 12.9. The summed E-state index contributed by atoms with van der Waals surface area (Å²) in [5.74, 6) is 0. The Morgan fingerprint density at radius 3 is 2.69 bits per heavy atom. The molecule has 94 valence electrons. The topological polar surface area (TPSA) is 18.5 Å². The van der Waals surface area contributed by atoms with Crippen molar-refractivity contribution in [3.05, 3.63) is 0 Å². The van der Waals surface area contributed by atoms with Crippen molar-refractivity contribution >= 4 is 0 Å². The van der Waals surface area contributed by atoms with E-state index in [-0.39, 0.29) is 12.6 Å². The van der Waals surface area contributed by atoms with E-state index < -0.39 is 12.2 Å². The number of nitrogens with zero attached hydrogens (tertiary/aromatic N) is 2. The normalized spacial score (nSPS) is 34.5. The number of fused-ring (bicyclic) bond motifs is 1. The highest BCUT2D eigenvalue weighted by atomic mass is 19.4. The van der Waals surface area contributed by atoms with Gasteiger partial charge in [0.15, 0.2) is 0 Å². The van der Waals surface area contributed by atoms with Crippen LogP contribution in [0.15, 0.2) is 0 Å². The minimum absolute atomic E-state index is 0.0315. The SMILES string of the molecule is CN1CCN2C(CCNCC2C(F)(F)F)C1. The zero-order chi connectivity index (χ0) is 11.8. The van der Waals surface area contributed by atoms with Crippen LogP contribution in [0.2, 0.25) is 0 Å². The van der Waals surface area contributed by atoms with Gasteiger partial charge in [0, 0.05) is 32.2 Å². The Morgan fingerprint density at radius 2 is 2.00 bits per heavy atom. The Bertz CT molecular complexity index is 244. The molecule has 2 heterocycles. The third kappa shape index (κ3) is 2.49. The first-order chi connectivity index (χ1) is 7.48. The van der Waals surface area contributed by atoms with Crippen LogP contribution in [0.1, 0.15) is 6.42 Å². The lowest BCUT2D eigenvalue weighted by molar-refractivity contribution is -0.191. The molecule has 2 saturated heterocycles. The van der Waals surface area contributed by atoms with Crippen LogP contribution >= 0.6 is 0 Å². The smallest absolute Gasteiger partial charge is 0.315 e. The number of hydrogen-bond donors (Lipinski definition) is 1. The largest absolute Gasteiger partial charge is 0.405 e. The van der Waals surface area contributed by atoms with Gasteiger partial charge in [-0.2, -0.15) is 13.2 Å². The van der Waals surface area contributed by atoms with E-state index in [0.29, 0.717) is 13.1 Å². The van der Waals surface area contributed by atoms with Crippen molar-refractivity contribution in [3.63, 3.8) is 0 Å². The molecule has 16 heavy (non-hydrogen) atoms. The molecule has 3 nitrogen and oxygen atoms in total. The fraction of sp³-hybridized carbons (Fsp3) is 1.00. The lowest BCUT2D eigenvalue weighted by atomic mass is 10.1. The third-order valence-electron chi connectivity index (χ3n) is 3.50. The molecule has 2 fully saturated rings. The molecule has 0 aromatic heterocycles. The molecule has 1 N–H and O–H groups in total. The average Bonchev–Trinajstić information content (AvgIpc) is 2.38. The Balaban J connectivity index is 2.13. The van der Waals surface area contributed by atoms with Crippen molar-refractivity contribution in [1.29, 1.82) is 0 Å². The second-order valence-electron chi connectivity index (χ2n) is 4.70. The number of alkyl halides is 3. The van der Waals surface area contributed by atoms with Gasteiger partial charge in [0.25, 0.3) is 0 Å². The van der Waals surface area contributed by atoms with Crippen molar-refractivity contribution in [2.45, 2.75) is 24.7 Å². The lowest BCUT2D eigenvalue weighted by Crippen LogP contribution is -2.59. The van der Waals surface area contributed by atoms with Gasteiger partial charge in [-0.1, -0.05) is 0 Å². The molecule has 0 aromatic rings. The lowest BCUT2D eigenvalue weighted by Gasteiger charge is -2.43. The minimum atomic E-state index is -4.12. The van der Waals surface area contributed by atoms with Crippen molar-refractivity contribution in [2.24, 2.45) is 0 Å². The summed E-state index contributed by atoms with van der Waals surface area (Å²) in [6, 6.07) is -1.27. The number of likely N-dealkylation sites (N-methyl/N-ethyl adjacent to an activating group) is 1. The van der Waals surface area contributed by atoms with Gasteiger partial charge in [-0.25, -0.2) is 0 Å². The fourth-order valence-electron chi connectivity index (χ4n) is 2.62. The standard InChI is InChI=1S/C10H18F3N3/c1-15-4-5-16-8(7-15)2-3-14-6-9(16)10(11,12)13/h8-9,14H,2-7H2,1H3. The molecule has 0 amide bonds. The maximum absolute atomic E-state index is 12.9. The molecule has 2 unspecified atom stereocenters. The molecule has 0 saturated carbocycles. The highest BCUT2D eigenvalue weighted by Crippen LogP contribution is 2.29. The van der Waals surface area contributed by atoms with Crippen LogP contribution < -0.4 is 5.32 Å². The predicted molar refractivity (Wildman–Crippen MR) is 55.3 cm³/mol. The number of rotatable bonds is 0. The summed E-state index contributed by atoms with van der Waals surface area (Å²) >= 11 is 0. The molecule has 0 aliphatic carbocycles. The first kappa shape index (κ1) is 12.1. The van der Waals surface area contributed by atoms with Crippen molar-refractivity contribution in [1.82, 2.24) is 15.1 Å². The molecule has 2 rings (SSSR count). The van der Waals surface area contributed by atoms with Crippen LogP contribution in [0.5, 0.6) is 0 Å². The summed E-state index contributed by atoms with van der Waals surface area (Å²) in [6.45, 7) is 2.70. The van der Waals surface area contributed by atoms with E-state index in [1.807, 2.05) is 7.05 Å². The highest BCUT2D eigenvalue weighted by molar-refractivity contribution is 4.92. The molecule has 2 aliphatic heterocycles. The van der Waals surface area contributed by atoms with Crippen molar-refractivity contribution in [3.8, 4) is 0 Å². The van der Waals surface area contributed by atoms with Crippen LogP contribution in [-0.2, 0) is 0 Å². The average molecular weight is 237 g/mol. The van der Waals surface area contributed by atoms with Crippen LogP contribution in [0.4, 0.5) is 13.2 Å². The molecule has 0 bridgehead atoms. The van der Waals surface area contributed by atoms with E-state index >= 15 is 0 Å². The molecular weight excluding hydrogens is 219 g/mol. The molecular formula is C10H18F3N3.